The lowest BCUT2D eigenvalue weighted by Crippen LogP contribution is -2.28. The number of benzene rings is 2. The van der Waals surface area contributed by atoms with Gasteiger partial charge in [0.1, 0.15) is 18.2 Å². The molecule has 0 saturated carbocycles. The van der Waals surface area contributed by atoms with Gasteiger partial charge in [-0.05, 0) is 63.1 Å². The van der Waals surface area contributed by atoms with E-state index in [1.807, 2.05) is 26.0 Å². The van der Waals surface area contributed by atoms with E-state index in [-0.39, 0.29) is 11.7 Å². The third kappa shape index (κ3) is 5.73. The summed E-state index contributed by atoms with van der Waals surface area (Å²) in [6.07, 6.45) is 1.44. The zero-order valence-corrected chi connectivity index (χ0v) is 20.8. The Bertz CT molecular complexity index is 1330. The molecule has 0 fully saturated rings. The van der Waals surface area contributed by atoms with Crippen LogP contribution in [0.5, 0.6) is 11.5 Å². The van der Waals surface area contributed by atoms with Gasteiger partial charge in [0.15, 0.2) is 11.5 Å². The number of rotatable bonds is 10. The Balaban J connectivity index is 1.32. The number of amides is 1. The third-order valence-electron chi connectivity index (χ3n) is 6.00. The molecule has 0 bridgehead atoms. The van der Waals surface area contributed by atoms with Gasteiger partial charge < -0.3 is 18.9 Å². The van der Waals surface area contributed by atoms with Crippen LogP contribution in [0.2, 0.25) is 0 Å². The predicted octanol–water partition coefficient (Wildman–Crippen LogP) is 5.11. The Morgan fingerprint density at radius 1 is 1.14 bits per heavy atom. The number of H-pyrrole nitrogens is 1. The molecule has 36 heavy (non-hydrogen) atoms. The van der Waals surface area contributed by atoms with Crippen LogP contribution in [0.1, 0.15) is 39.5 Å². The molecule has 0 aliphatic carbocycles. The maximum Gasteiger partial charge on any atom is 0.253 e. The van der Waals surface area contributed by atoms with E-state index >= 15 is 0 Å². The summed E-state index contributed by atoms with van der Waals surface area (Å²) in [7, 11) is 3.31. The number of methoxy groups -OCH3 is 1. The van der Waals surface area contributed by atoms with Gasteiger partial charge in [-0.15, -0.1) is 0 Å². The average molecular weight is 493 g/mol. The van der Waals surface area contributed by atoms with E-state index in [0.717, 1.165) is 28.9 Å². The molecule has 0 aliphatic rings. The van der Waals surface area contributed by atoms with Crippen molar-refractivity contribution in [3.05, 3.63) is 82.6 Å². The highest BCUT2D eigenvalue weighted by atomic mass is 19.1. The third-order valence-corrected chi connectivity index (χ3v) is 6.00. The lowest BCUT2D eigenvalue weighted by atomic mass is 10.1. The second-order valence-corrected chi connectivity index (χ2v) is 8.58. The first kappa shape index (κ1) is 25.0. The van der Waals surface area contributed by atoms with Crippen LogP contribution in [0.25, 0.3) is 11.3 Å². The van der Waals surface area contributed by atoms with Crippen molar-refractivity contribution in [1.82, 2.24) is 20.3 Å². The molecule has 8 nitrogen and oxygen atoms in total. The van der Waals surface area contributed by atoms with Crippen LogP contribution >= 0.6 is 0 Å². The van der Waals surface area contributed by atoms with Crippen molar-refractivity contribution in [2.45, 2.75) is 33.3 Å². The first-order chi connectivity index (χ1) is 17.4. The van der Waals surface area contributed by atoms with E-state index in [0.29, 0.717) is 48.1 Å². The van der Waals surface area contributed by atoms with E-state index in [9.17, 15) is 9.18 Å². The number of aryl methyl sites for hydroxylation is 3. The number of nitrogens with zero attached hydrogens (tertiary/aromatic N) is 3. The fraction of sp³-hybridized carbons (Fsp3) is 0.296. The minimum absolute atomic E-state index is 0.115. The van der Waals surface area contributed by atoms with Crippen LogP contribution in [0.3, 0.4) is 0 Å². The van der Waals surface area contributed by atoms with Gasteiger partial charge in [0.2, 0.25) is 0 Å². The quantitative estimate of drug-likeness (QED) is 0.331. The predicted molar refractivity (Wildman–Crippen MR) is 133 cm³/mol. The number of carbonyl (C=O) groups is 1. The summed E-state index contributed by atoms with van der Waals surface area (Å²) in [6, 6.07) is 13.4. The molecule has 4 rings (SSSR count). The molecule has 0 saturated heterocycles. The lowest BCUT2D eigenvalue weighted by molar-refractivity contribution is 0.0793. The van der Waals surface area contributed by atoms with Crippen LogP contribution < -0.4 is 9.47 Å². The van der Waals surface area contributed by atoms with Crippen molar-refractivity contribution < 1.29 is 23.2 Å². The highest BCUT2D eigenvalue weighted by Gasteiger charge is 2.17. The molecular formula is C27H29FN4O4. The van der Waals surface area contributed by atoms with Crippen molar-refractivity contribution >= 4 is 5.91 Å². The number of aromatic amines is 1. The summed E-state index contributed by atoms with van der Waals surface area (Å²) < 4.78 is 30.0. The van der Waals surface area contributed by atoms with Gasteiger partial charge in [0.05, 0.1) is 24.1 Å². The number of carbonyl (C=O) groups excluding carboxylic acids is 1. The molecule has 9 heteroatoms. The van der Waals surface area contributed by atoms with E-state index in [2.05, 4.69) is 15.4 Å². The van der Waals surface area contributed by atoms with Crippen molar-refractivity contribution in [3.63, 3.8) is 0 Å². The second-order valence-electron chi connectivity index (χ2n) is 8.58. The van der Waals surface area contributed by atoms with Crippen molar-refractivity contribution in [2.75, 3.05) is 20.7 Å². The molecule has 0 radical (unpaired) electrons. The Labute approximate surface area is 209 Å². The van der Waals surface area contributed by atoms with E-state index in [4.69, 9.17) is 14.0 Å². The SMILES string of the molecule is COc1cc(C(=O)N(C)CCCc2cc(-c3cccc(F)c3)n[nH]2)ccc1OCc1c(C)noc1C. The molecule has 188 valence electrons. The van der Waals surface area contributed by atoms with E-state index in [1.54, 1.807) is 43.3 Å². The first-order valence-corrected chi connectivity index (χ1v) is 11.6. The molecule has 0 aliphatic heterocycles. The Morgan fingerprint density at radius 2 is 1.97 bits per heavy atom. The Hall–Kier alpha value is -4.14. The summed E-state index contributed by atoms with van der Waals surface area (Å²) in [5.74, 6) is 1.30. The van der Waals surface area contributed by atoms with Gasteiger partial charge in [0, 0.05) is 30.4 Å². The standard InChI is InChI=1S/C27H29FN4O4/c1-17-23(18(2)36-31-17)16-35-25-11-10-20(14-26(25)34-4)27(33)32(3)12-6-9-22-15-24(30-29-22)19-7-5-8-21(28)13-19/h5,7-8,10-11,13-15H,6,9,12,16H2,1-4H3,(H,29,30). The molecule has 1 amide bonds. The first-order valence-electron chi connectivity index (χ1n) is 11.6. The number of ether oxygens (including phenoxy) is 2. The van der Waals surface area contributed by atoms with Gasteiger partial charge in [0.25, 0.3) is 5.91 Å². The van der Waals surface area contributed by atoms with E-state index < -0.39 is 0 Å². The van der Waals surface area contributed by atoms with Crippen LogP contribution in [-0.4, -0.2) is 46.9 Å². The van der Waals surface area contributed by atoms with Gasteiger partial charge in [-0.25, -0.2) is 4.39 Å². The van der Waals surface area contributed by atoms with E-state index in [1.165, 1.54) is 12.1 Å². The smallest absolute Gasteiger partial charge is 0.253 e. The molecule has 2 aromatic heterocycles. The molecule has 0 unspecified atom stereocenters. The molecule has 0 atom stereocenters. The van der Waals surface area contributed by atoms with Gasteiger partial charge in [-0.2, -0.15) is 5.10 Å². The number of hydrogen-bond acceptors (Lipinski definition) is 6. The number of nitrogens with one attached hydrogen (secondary N) is 1. The second kappa shape index (κ2) is 11.1. The fourth-order valence-electron chi connectivity index (χ4n) is 3.89. The summed E-state index contributed by atoms with van der Waals surface area (Å²) in [4.78, 5) is 14.6. The monoisotopic (exact) mass is 492 g/mol. The normalized spacial score (nSPS) is 10.9. The molecule has 0 spiro atoms. The van der Waals surface area contributed by atoms with Crippen LogP contribution in [-0.2, 0) is 13.0 Å². The van der Waals surface area contributed by atoms with Crippen molar-refractivity contribution in [2.24, 2.45) is 0 Å². The fourth-order valence-corrected chi connectivity index (χ4v) is 3.89. The zero-order chi connectivity index (χ0) is 25.7. The number of aromatic nitrogens is 3. The summed E-state index contributed by atoms with van der Waals surface area (Å²) in [5, 5.41) is 11.2. The summed E-state index contributed by atoms with van der Waals surface area (Å²) >= 11 is 0. The zero-order valence-electron chi connectivity index (χ0n) is 20.8. The average Bonchev–Trinajstić information content (AvgIpc) is 3.48. The Morgan fingerprint density at radius 3 is 2.69 bits per heavy atom. The molecular weight excluding hydrogens is 463 g/mol. The van der Waals surface area contributed by atoms with Gasteiger partial charge >= 0.3 is 0 Å². The maximum atomic E-state index is 13.5. The minimum atomic E-state index is -0.297. The largest absolute Gasteiger partial charge is 0.493 e. The highest BCUT2D eigenvalue weighted by Crippen LogP contribution is 2.30. The van der Waals surface area contributed by atoms with Crippen LogP contribution in [0, 0.1) is 19.7 Å². The van der Waals surface area contributed by atoms with Crippen molar-refractivity contribution in [1.29, 1.82) is 0 Å². The molecule has 1 N–H and O–H groups in total. The Kier molecular flexibility index (Phi) is 7.68. The van der Waals surface area contributed by atoms with Crippen molar-refractivity contribution in [3.8, 4) is 22.8 Å². The van der Waals surface area contributed by atoms with Gasteiger partial charge in [-0.3, -0.25) is 9.89 Å². The van der Waals surface area contributed by atoms with Gasteiger partial charge in [-0.1, -0.05) is 17.3 Å². The highest BCUT2D eigenvalue weighted by molar-refractivity contribution is 5.94. The van der Waals surface area contributed by atoms with Crippen LogP contribution in [0.15, 0.2) is 53.1 Å². The summed E-state index contributed by atoms with van der Waals surface area (Å²) in [5.41, 5.74) is 4.51. The topological polar surface area (TPSA) is 93.5 Å². The molecule has 4 aromatic rings. The molecule has 2 aromatic carbocycles. The lowest BCUT2D eigenvalue weighted by Gasteiger charge is -2.18. The minimum Gasteiger partial charge on any atom is -0.493 e. The van der Waals surface area contributed by atoms with Crippen LogP contribution in [0.4, 0.5) is 4.39 Å². The summed E-state index contributed by atoms with van der Waals surface area (Å²) in [6.45, 7) is 4.54. The maximum absolute atomic E-state index is 13.5. The molecule has 2 heterocycles. The number of hydrogen-bond donors (Lipinski definition) is 1. The number of halogens is 1.